The first kappa shape index (κ1) is 13.6. The molecule has 0 bridgehead atoms. The summed E-state index contributed by atoms with van der Waals surface area (Å²) < 4.78 is 4.00. The van der Waals surface area contributed by atoms with Gasteiger partial charge in [-0.25, -0.2) is 0 Å². The Hall–Kier alpha value is -2.36. The molecule has 0 spiro atoms. The molecule has 0 unspecified atom stereocenters. The molecule has 4 heteroatoms. The van der Waals surface area contributed by atoms with Crippen molar-refractivity contribution in [2.45, 2.75) is 26.3 Å². The molecule has 0 saturated heterocycles. The van der Waals surface area contributed by atoms with Gasteiger partial charge in [0.15, 0.2) is 12.4 Å². The van der Waals surface area contributed by atoms with E-state index in [-0.39, 0.29) is 0 Å². The van der Waals surface area contributed by atoms with Crippen LogP contribution in [0.15, 0.2) is 36.7 Å². The summed E-state index contributed by atoms with van der Waals surface area (Å²) in [6.45, 7) is 2.98. The van der Waals surface area contributed by atoms with Gasteiger partial charge in [0.2, 0.25) is 11.6 Å². The lowest BCUT2D eigenvalue weighted by Gasteiger charge is -2.13. The Morgan fingerprint density at radius 3 is 2.24 bits per heavy atom. The second-order valence-corrected chi connectivity index (χ2v) is 5.36. The first-order chi connectivity index (χ1) is 10.1. The molecule has 4 nitrogen and oxygen atoms in total. The van der Waals surface area contributed by atoms with Crippen molar-refractivity contribution >= 4 is 11.6 Å². The van der Waals surface area contributed by atoms with E-state index in [4.69, 9.17) is 0 Å². The van der Waals surface area contributed by atoms with Gasteiger partial charge < -0.3 is 0 Å². The zero-order chi connectivity index (χ0) is 15.0. The van der Waals surface area contributed by atoms with E-state index >= 15 is 0 Å². The summed E-state index contributed by atoms with van der Waals surface area (Å²) in [5.74, 6) is -0.823. The summed E-state index contributed by atoms with van der Waals surface area (Å²) in [5.41, 5.74) is 2.68. The van der Waals surface area contributed by atoms with Gasteiger partial charge in [0.25, 0.3) is 11.4 Å². The van der Waals surface area contributed by atoms with Crippen molar-refractivity contribution < 1.29 is 18.7 Å². The fourth-order valence-electron chi connectivity index (χ4n) is 2.85. The summed E-state index contributed by atoms with van der Waals surface area (Å²) in [6, 6.07) is 7.12. The van der Waals surface area contributed by atoms with Crippen molar-refractivity contribution in [2.75, 3.05) is 0 Å². The number of aryl methyl sites for hydroxylation is 2. The van der Waals surface area contributed by atoms with Gasteiger partial charge in [0.1, 0.15) is 24.7 Å². The molecule has 106 valence electrons. The Balaban J connectivity index is 2.31. The molecule has 0 fully saturated rings. The Kier molecular flexibility index (Phi) is 3.37. The van der Waals surface area contributed by atoms with E-state index < -0.39 is 11.6 Å². The number of ketones is 2. The van der Waals surface area contributed by atoms with Crippen molar-refractivity contribution in [3.63, 3.8) is 0 Å². The molecule has 0 amide bonds. The molecule has 0 aromatic carbocycles. The number of hydrogen-bond donors (Lipinski definition) is 0. The third-order valence-electron chi connectivity index (χ3n) is 3.92. The van der Waals surface area contributed by atoms with Crippen molar-refractivity contribution in [2.24, 2.45) is 7.05 Å². The summed E-state index contributed by atoms with van der Waals surface area (Å²) in [7, 11) is 1.91. The maximum atomic E-state index is 12.3. The molecule has 3 rings (SSSR count). The minimum Gasteiger partial charge on any atom is -0.285 e. The van der Waals surface area contributed by atoms with Gasteiger partial charge in [-0.05, 0) is 12.1 Å². The van der Waals surface area contributed by atoms with Crippen LogP contribution in [0.25, 0.3) is 11.4 Å². The summed E-state index contributed by atoms with van der Waals surface area (Å²) in [6.07, 6.45) is 6.00. The molecule has 0 radical (unpaired) electrons. The van der Waals surface area contributed by atoms with E-state index in [0.717, 1.165) is 30.8 Å². The average molecular weight is 282 g/mol. The van der Waals surface area contributed by atoms with Crippen LogP contribution in [0.5, 0.6) is 0 Å². The van der Waals surface area contributed by atoms with Crippen molar-refractivity contribution in [3.8, 4) is 11.4 Å². The van der Waals surface area contributed by atoms with E-state index in [9.17, 15) is 9.59 Å². The average Bonchev–Trinajstić information content (AvgIpc) is 2.50. The number of rotatable bonds is 3. The second kappa shape index (κ2) is 5.20. The Morgan fingerprint density at radius 2 is 1.57 bits per heavy atom. The Bertz CT molecular complexity index is 750. The zero-order valence-electron chi connectivity index (χ0n) is 12.3. The zero-order valence-corrected chi connectivity index (χ0v) is 12.3. The van der Waals surface area contributed by atoms with Crippen molar-refractivity contribution in [1.82, 2.24) is 0 Å². The molecule has 1 aliphatic rings. The van der Waals surface area contributed by atoms with Crippen LogP contribution in [0.2, 0.25) is 0 Å². The molecule has 2 aromatic rings. The molecule has 2 heterocycles. The number of unbranched alkanes of at least 4 members (excludes halogenated alkanes) is 1. The molecule has 21 heavy (non-hydrogen) atoms. The van der Waals surface area contributed by atoms with Gasteiger partial charge in [0.05, 0.1) is 0 Å². The Morgan fingerprint density at radius 1 is 0.952 bits per heavy atom. The van der Waals surface area contributed by atoms with Crippen LogP contribution in [0.4, 0.5) is 0 Å². The fraction of sp³-hybridized carbons (Fsp3) is 0.294. The number of Topliss-reactive ketones (excluding diaryl/α,β-unsaturated/α-hetero) is 2. The standard InChI is InChI=1S/C17H18N2O2/c1-3-4-10-19-11-6-8-13-15(19)14-12(16(20)17(13)21)7-5-9-18(14)2/h5-9,11H,3-4,10H2,1-2H3/q+2. The van der Waals surface area contributed by atoms with Gasteiger partial charge in [-0.15, -0.1) is 0 Å². The molecule has 0 saturated carbocycles. The maximum absolute atomic E-state index is 12.3. The molecule has 2 aromatic heterocycles. The number of hydrogen-bond acceptors (Lipinski definition) is 2. The molecule has 0 N–H and O–H groups in total. The SMILES string of the molecule is CCCC[n+]1cccc2c1-c1c(ccc[n+]1C)C(=O)C2=O. The molecular formula is C17H18N2O2+2. The highest BCUT2D eigenvalue weighted by Gasteiger charge is 2.41. The summed E-state index contributed by atoms with van der Waals surface area (Å²) >= 11 is 0. The summed E-state index contributed by atoms with van der Waals surface area (Å²) in [4.78, 5) is 24.6. The van der Waals surface area contributed by atoms with Gasteiger partial charge in [-0.3, -0.25) is 9.59 Å². The van der Waals surface area contributed by atoms with Crippen LogP contribution < -0.4 is 9.13 Å². The van der Waals surface area contributed by atoms with Gasteiger partial charge in [-0.1, -0.05) is 13.3 Å². The van der Waals surface area contributed by atoms with Crippen molar-refractivity contribution in [1.29, 1.82) is 0 Å². The van der Waals surface area contributed by atoms with E-state index in [0.29, 0.717) is 11.1 Å². The highest BCUT2D eigenvalue weighted by atomic mass is 16.2. The van der Waals surface area contributed by atoms with Gasteiger partial charge >= 0.3 is 0 Å². The van der Waals surface area contributed by atoms with Crippen molar-refractivity contribution in [3.05, 3.63) is 47.8 Å². The lowest BCUT2D eigenvalue weighted by molar-refractivity contribution is -0.705. The van der Waals surface area contributed by atoms with Crippen LogP contribution in [-0.4, -0.2) is 11.6 Å². The number of nitrogens with zero attached hydrogens (tertiary/aromatic N) is 2. The van der Waals surface area contributed by atoms with Crippen LogP contribution in [0.1, 0.15) is 40.5 Å². The largest absolute Gasteiger partial charge is 0.289 e. The van der Waals surface area contributed by atoms with E-state index in [1.54, 1.807) is 18.2 Å². The van der Waals surface area contributed by atoms with Crippen LogP contribution >= 0.6 is 0 Å². The number of carbonyl (C=O) groups excluding carboxylic acids is 2. The predicted octanol–water partition coefficient (Wildman–Crippen LogP) is 1.64. The predicted molar refractivity (Wildman–Crippen MR) is 76.8 cm³/mol. The third kappa shape index (κ3) is 2.07. The third-order valence-corrected chi connectivity index (χ3v) is 3.92. The van der Waals surface area contributed by atoms with E-state index in [1.165, 1.54) is 0 Å². The van der Waals surface area contributed by atoms with Crippen LogP contribution in [0, 0.1) is 0 Å². The topological polar surface area (TPSA) is 41.9 Å². The monoisotopic (exact) mass is 282 g/mol. The highest BCUT2D eigenvalue weighted by molar-refractivity contribution is 6.52. The quantitative estimate of drug-likeness (QED) is 0.634. The van der Waals surface area contributed by atoms with Gasteiger partial charge in [-0.2, -0.15) is 9.13 Å². The van der Waals surface area contributed by atoms with Gasteiger partial charge in [0, 0.05) is 18.6 Å². The first-order valence-electron chi connectivity index (χ1n) is 7.25. The second-order valence-electron chi connectivity index (χ2n) is 5.36. The molecular weight excluding hydrogens is 264 g/mol. The number of fused-ring (bicyclic) bond motifs is 3. The molecule has 0 aliphatic heterocycles. The lowest BCUT2D eigenvalue weighted by atomic mass is 9.90. The lowest BCUT2D eigenvalue weighted by Crippen LogP contribution is -2.46. The normalized spacial score (nSPS) is 13.0. The summed E-state index contributed by atoms with van der Waals surface area (Å²) in [5, 5.41) is 0. The number of aromatic nitrogens is 2. The highest BCUT2D eigenvalue weighted by Crippen LogP contribution is 2.27. The fourth-order valence-corrected chi connectivity index (χ4v) is 2.85. The minimum atomic E-state index is -0.415. The number of carbonyl (C=O) groups is 2. The Labute approximate surface area is 123 Å². The molecule has 0 atom stereocenters. The minimum absolute atomic E-state index is 0.408. The van der Waals surface area contributed by atoms with Crippen LogP contribution in [0.3, 0.4) is 0 Å². The molecule has 1 aliphatic carbocycles. The number of pyridine rings is 2. The van der Waals surface area contributed by atoms with E-state index in [2.05, 4.69) is 11.5 Å². The smallest absolute Gasteiger partial charge is 0.285 e. The maximum Gasteiger partial charge on any atom is 0.289 e. The van der Waals surface area contributed by atoms with E-state index in [1.807, 2.05) is 30.1 Å². The first-order valence-corrected chi connectivity index (χ1v) is 7.25. The van der Waals surface area contributed by atoms with Crippen LogP contribution in [-0.2, 0) is 13.6 Å².